The predicted octanol–water partition coefficient (Wildman–Crippen LogP) is -1.51. The number of carboxylic acids is 1. The summed E-state index contributed by atoms with van der Waals surface area (Å²) in [5.74, 6) is -1.37. The molecule has 3 atom stereocenters. The van der Waals surface area contributed by atoms with E-state index in [2.05, 4.69) is 5.32 Å². The second kappa shape index (κ2) is 6.53. The van der Waals surface area contributed by atoms with Gasteiger partial charge >= 0.3 is 12.0 Å². The van der Waals surface area contributed by atoms with Crippen molar-refractivity contribution >= 4 is 12.0 Å². The maximum absolute atomic E-state index is 11.7. The molecular formula is C10H18N2O6. The number of aliphatic carboxylic acids is 1. The number of nitrogens with zero attached hydrogens (tertiary/aromatic N) is 1. The van der Waals surface area contributed by atoms with Crippen molar-refractivity contribution in [3.05, 3.63) is 0 Å². The molecule has 0 aromatic carbocycles. The molecule has 3 unspecified atom stereocenters. The Kier molecular flexibility index (Phi) is 5.32. The molecule has 1 saturated heterocycles. The van der Waals surface area contributed by atoms with Crippen LogP contribution in [0.25, 0.3) is 0 Å². The summed E-state index contributed by atoms with van der Waals surface area (Å²) < 4.78 is 10.3. The van der Waals surface area contributed by atoms with Crippen LogP contribution in [-0.4, -0.2) is 79.3 Å². The number of likely N-dealkylation sites (tertiary alicyclic amines) is 1. The van der Waals surface area contributed by atoms with Crippen LogP contribution in [0.5, 0.6) is 0 Å². The van der Waals surface area contributed by atoms with E-state index >= 15 is 0 Å². The van der Waals surface area contributed by atoms with Crippen molar-refractivity contribution in [2.75, 3.05) is 33.9 Å². The topological polar surface area (TPSA) is 108 Å². The zero-order valence-electron chi connectivity index (χ0n) is 10.3. The Hall–Kier alpha value is -1.38. The average molecular weight is 262 g/mol. The number of carbonyl (C=O) groups excluding carboxylic acids is 1. The summed E-state index contributed by atoms with van der Waals surface area (Å²) in [6.07, 6.45) is -2.01. The van der Waals surface area contributed by atoms with Crippen LogP contribution in [0.15, 0.2) is 0 Å². The molecular weight excluding hydrogens is 244 g/mol. The fourth-order valence-electron chi connectivity index (χ4n) is 1.75. The zero-order valence-corrected chi connectivity index (χ0v) is 10.3. The number of aliphatic hydroxyl groups is 1. The van der Waals surface area contributed by atoms with Crippen LogP contribution in [0, 0.1) is 0 Å². The smallest absolute Gasteiger partial charge is 0.334 e. The summed E-state index contributed by atoms with van der Waals surface area (Å²) >= 11 is 0. The Bertz CT molecular complexity index is 299. The van der Waals surface area contributed by atoms with E-state index in [0.29, 0.717) is 13.1 Å². The molecule has 0 spiro atoms. The van der Waals surface area contributed by atoms with Crippen LogP contribution in [-0.2, 0) is 14.3 Å². The molecule has 3 N–H and O–H groups in total. The van der Waals surface area contributed by atoms with Gasteiger partial charge in [-0.2, -0.15) is 0 Å². The zero-order chi connectivity index (χ0) is 13.7. The molecule has 0 aromatic heterocycles. The Balaban J connectivity index is 2.42. The molecule has 1 rings (SSSR count). The molecule has 0 saturated carbocycles. The van der Waals surface area contributed by atoms with Gasteiger partial charge in [-0.05, 0) is 0 Å². The first-order valence-electron chi connectivity index (χ1n) is 5.48. The summed E-state index contributed by atoms with van der Waals surface area (Å²) in [6, 6.07) is -0.447. The lowest BCUT2D eigenvalue weighted by Gasteiger charge is -2.17. The van der Waals surface area contributed by atoms with E-state index in [1.165, 1.54) is 19.1 Å². The molecule has 1 fully saturated rings. The minimum Gasteiger partial charge on any atom is -0.479 e. The summed E-state index contributed by atoms with van der Waals surface area (Å²) in [4.78, 5) is 23.5. The molecule has 2 amide bonds. The second-order valence-electron chi connectivity index (χ2n) is 3.99. The summed E-state index contributed by atoms with van der Waals surface area (Å²) in [6.45, 7) is 0.397. The standard InChI is InChI=1S/C10H18N2O6/c1-17-7-4-12(5-8(7)18-2)10(16)11-3-6(13)9(14)15/h6-8,13H,3-5H2,1-2H3,(H,11,16)(H,14,15). The molecule has 0 aliphatic carbocycles. The Morgan fingerprint density at radius 2 is 1.83 bits per heavy atom. The molecule has 0 radical (unpaired) electrons. The third kappa shape index (κ3) is 3.56. The summed E-state index contributed by atoms with van der Waals surface area (Å²) in [5, 5.41) is 19.8. The van der Waals surface area contributed by atoms with E-state index in [1.807, 2.05) is 0 Å². The first-order valence-corrected chi connectivity index (χ1v) is 5.48. The number of carboxylic acid groups (broad SMARTS) is 1. The highest BCUT2D eigenvalue weighted by Gasteiger charge is 2.35. The van der Waals surface area contributed by atoms with Crippen LogP contribution in [0.4, 0.5) is 4.79 Å². The quantitative estimate of drug-likeness (QED) is 0.555. The summed E-state index contributed by atoms with van der Waals surface area (Å²) in [5.41, 5.74) is 0. The average Bonchev–Trinajstić information content (AvgIpc) is 2.78. The number of amides is 2. The minimum atomic E-state index is -1.60. The van der Waals surface area contributed by atoms with E-state index in [9.17, 15) is 9.59 Å². The van der Waals surface area contributed by atoms with Crippen LogP contribution in [0.3, 0.4) is 0 Å². The van der Waals surface area contributed by atoms with Gasteiger partial charge in [0.1, 0.15) is 12.2 Å². The van der Waals surface area contributed by atoms with Crippen molar-refractivity contribution in [2.24, 2.45) is 0 Å². The van der Waals surface area contributed by atoms with Gasteiger partial charge in [0.25, 0.3) is 0 Å². The monoisotopic (exact) mass is 262 g/mol. The minimum absolute atomic E-state index is 0.204. The van der Waals surface area contributed by atoms with Crippen molar-refractivity contribution in [3.8, 4) is 0 Å². The van der Waals surface area contributed by atoms with Gasteiger partial charge in [-0.3, -0.25) is 0 Å². The molecule has 104 valence electrons. The van der Waals surface area contributed by atoms with Crippen molar-refractivity contribution in [3.63, 3.8) is 0 Å². The van der Waals surface area contributed by atoms with Crippen LogP contribution in [0.2, 0.25) is 0 Å². The number of hydrogen-bond acceptors (Lipinski definition) is 5. The number of rotatable bonds is 5. The van der Waals surface area contributed by atoms with Crippen molar-refractivity contribution in [2.45, 2.75) is 18.3 Å². The van der Waals surface area contributed by atoms with Gasteiger partial charge in [-0.25, -0.2) is 9.59 Å². The van der Waals surface area contributed by atoms with Gasteiger partial charge in [0.2, 0.25) is 0 Å². The largest absolute Gasteiger partial charge is 0.479 e. The lowest BCUT2D eigenvalue weighted by Crippen LogP contribution is -2.44. The fraction of sp³-hybridized carbons (Fsp3) is 0.800. The number of ether oxygens (including phenoxy) is 2. The van der Waals surface area contributed by atoms with E-state index in [4.69, 9.17) is 19.7 Å². The number of aliphatic hydroxyl groups excluding tert-OH is 1. The number of methoxy groups -OCH3 is 2. The Labute approximate surface area is 104 Å². The molecule has 0 aromatic rings. The van der Waals surface area contributed by atoms with E-state index in [1.54, 1.807) is 0 Å². The maximum Gasteiger partial charge on any atom is 0.334 e. The van der Waals surface area contributed by atoms with Gasteiger partial charge in [0.15, 0.2) is 6.10 Å². The molecule has 8 nitrogen and oxygen atoms in total. The fourth-order valence-corrected chi connectivity index (χ4v) is 1.75. The van der Waals surface area contributed by atoms with Gasteiger partial charge in [0.05, 0.1) is 19.6 Å². The lowest BCUT2D eigenvalue weighted by molar-refractivity contribution is -0.146. The first-order chi connectivity index (χ1) is 8.49. The predicted molar refractivity (Wildman–Crippen MR) is 60.2 cm³/mol. The summed E-state index contributed by atoms with van der Waals surface area (Å²) in [7, 11) is 3.07. The van der Waals surface area contributed by atoms with Crippen molar-refractivity contribution < 1.29 is 29.3 Å². The Morgan fingerprint density at radius 1 is 1.33 bits per heavy atom. The van der Waals surface area contributed by atoms with E-state index in [-0.39, 0.29) is 18.8 Å². The highest BCUT2D eigenvalue weighted by molar-refractivity contribution is 5.77. The molecule has 1 heterocycles. The highest BCUT2D eigenvalue weighted by Crippen LogP contribution is 2.15. The molecule has 0 bridgehead atoms. The second-order valence-corrected chi connectivity index (χ2v) is 3.99. The van der Waals surface area contributed by atoms with E-state index < -0.39 is 18.1 Å². The molecule has 8 heteroatoms. The Morgan fingerprint density at radius 3 is 2.22 bits per heavy atom. The van der Waals surface area contributed by atoms with Gasteiger partial charge in [0, 0.05) is 14.2 Å². The first kappa shape index (κ1) is 14.7. The van der Waals surface area contributed by atoms with Gasteiger partial charge in [-0.15, -0.1) is 0 Å². The van der Waals surface area contributed by atoms with Crippen LogP contribution >= 0.6 is 0 Å². The normalized spacial score (nSPS) is 24.9. The molecule has 1 aliphatic heterocycles. The number of urea groups is 1. The van der Waals surface area contributed by atoms with Gasteiger partial charge in [-0.1, -0.05) is 0 Å². The third-order valence-electron chi connectivity index (χ3n) is 2.84. The number of carbonyl (C=O) groups is 2. The SMILES string of the molecule is COC1CN(C(=O)NCC(O)C(=O)O)CC1OC. The van der Waals surface area contributed by atoms with Crippen LogP contribution in [0.1, 0.15) is 0 Å². The number of nitrogens with one attached hydrogen (secondary N) is 1. The maximum atomic E-state index is 11.7. The van der Waals surface area contributed by atoms with Gasteiger partial charge < -0.3 is 29.9 Å². The lowest BCUT2D eigenvalue weighted by atomic mass is 10.3. The van der Waals surface area contributed by atoms with Crippen molar-refractivity contribution in [1.29, 1.82) is 0 Å². The van der Waals surface area contributed by atoms with E-state index in [0.717, 1.165) is 0 Å². The molecule has 1 aliphatic rings. The highest BCUT2D eigenvalue weighted by atomic mass is 16.5. The van der Waals surface area contributed by atoms with Crippen LogP contribution < -0.4 is 5.32 Å². The number of hydrogen-bond donors (Lipinski definition) is 3. The molecule has 18 heavy (non-hydrogen) atoms. The van der Waals surface area contributed by atoms with Crippen molar-refractivity contribution in [1.82, 2.24) is 10.2 Å². The third-order valence-corrected chi connectivity index (χ3v) is 2.84.